The first-order valence-electron chi connectivity index (χ1n) is 15.4. The Morgan fingerprint density at radius 3 is 2.50 bits per heavy atom. The number of rotatable bonds is 5. The van der Waals surface area contributed by atoms with Gasteiger partial charge in [-0.05, 0) is 101 Å². The van der Waals surface area contributed by atoms with Gasteiger partial charge in [-0.2, -0.15) is 0 Å². The number of ether oxygens (including phenoxy) is 2. The minimum atomic E-state index is -0.294. The average molecular weight is 564 g/mol. The van der Waals surface area contributed by atoms with E-state index in [0.717, 1.165) is 35.2 Å². The molecule has 218 valence electrons. The van der Waals surface area contributed by atoms with Gasteiger partial charge in [0.05, 0.1) is 23.8 Å². The summed E-state index contributed by atoms with van der Waals surface area (Å²) in [5.74, 6) is 0.503. The summed E-state index contributed by atoms with van der Waals surface area (Å²) in [6, 6.07) is 12.7. The normalized spacial score (nSPS) is 23.7. The summed E-state index contributed by atoms with van der Waals surface area (Å²) in [6.07, 6.45) is 9.21. The van der Waals surface area contributed by atoms with Gasteiger partial charge in [-0.25, -0.2) is 9.37 Å². The van der Waals surface area contributed by atoms with E-state index in [1.54, 1.807) is 0 Å². The van der Waals surface area contributed by atoms with E-state index < -0.39 is 0 Å². The maximum atomic E-state index is 13.3. The molecule has 5 heteroatoms. The number of benzene rings is 2. The molecular formula is C37H43N2O3+. The molecule has 0 spiro atoms. The van der Waals surface area contributed by atoms with Crippen molar-refractivity contribution in [2.45, 2.75) is 73.1 Å². The first-order valence-corrected chi connectivity index (χ1v) is 15.4. The number of esters is 1. The van der Waals surface area contributed by atoms with E-state index in [9.17, 15) is 4.79 Å². The highest BCUT2D eigenvalue weighted by Gasteiger charge is 2.41. The van der Waals surface area contributed by atoms with Gasteiger partial charge in [-0.3, -0.25) is 0 Å². The second-order valence-corrected chi connectivity index (χ2v) is 12.4. The molecule has 0 saturated heterocycles. The summed E-state index contributed by atoms with van der Waals surface area (Å²) in [4.78, 5) is 15.8. The zero-order valence-corrected chi connectivity index (χ0v) is 26.2. The molecule has 0 fully saturated rings. The van der Waals surface area contributed by atoms with E-state index in [1.807, 2.05) is 25.1 Å². The second kappa shape index (κ2) is 10.4. The van der Waals surface area contributed by atoms with Gasteiger partial charge in [0.15, 0.2) is 6.04 Å². The SMILES string of the molecule is CCOC(=O)c1ccccc1C1=c2cc3c(cc2OC2C=C4C(=CC12)C(C)=CC(C)(C)N4CC)=[N+](CC)C(C)C=C3C. The zero-order chi connectivity index (χ0) is 29.9. The Morgan fingerprint density at radius 1 is 1.02 bits per heavy atom. The van der Waals surface area contributed by atoms with Gasteiger partial charge in [-0.1, -0.05) is 30.4 Å². The molecule has 6 rings (SSSR count). The van der Waals surface area contributed by atoms with Crippen molar-refractivity contribution in [1.82, 2.24) is 9.48 Å². The first kappa shape index (κ1) is 28.3. The molecule has 0 N–H and O–H groups in total. The number of carbonyl (C=O) groups excluding carboxylic acids is 1. The van der Waals surface area contributed by atoms with Gasteiger partial charge in [-0.15, -0.1) is 0 Å². The van der Waals surface area contributed by atoms with Crippen molar-refractivity contribution < 1.29 is 14.3 Å². The maximum absolute atomic E-state index is 13.3. The van der Waals surface area contributed by atoms with Crippen LogP contribution in [0.5, 0.6) is 5.75 Å². The van der Waals surface area contributed by atoms with Crippen molar-refractivity contribution in [2.24, 2.45) is 5.92 Å². The predicted octanol–water partition coefficient (Wildman–Crippen LogP) is 5.64. The van der Waals surface area contributed by atoms with Crippen molar-refractivity contribution in [1.29, 1.82) is 0 Å². The molecule has 3 unspecified atom stereocenters. The summed E-state index contributed by atoms with van der Waals surface area (Å²) in [7, 11) is 0. The van der Waals surface area contributed by atoms with Crippen LogP contribution in [-0.4, -0.2) is 48.3 Å². The van der Waals surface area contributed by atoms with Crippen molar-refractivity contribution in [3.8, 4) is 5.75 Å². The van der Waals surface area contributed by atoms with Crippen LogP contribution in [0, 0.1) is 5.92 Å². The number of hydrogen-bond acceptors (Lipinski definition) is 4. The molecule has 2 aromatic rings. The molecule has 3 heterocycles. The number of likely N-dealkylation sites (N-methyl/N-ethyl adjacent to an activating group) is 2. The van der Waals surface area contributed by atoms with E-state index in [4.69, 9.17) is 9.47 Å². The molecule has 0 radical (unpaired) electrons. The zero-order valence-electron chi connectivity index (χ0n) is 26.2. The number of allylic oxidation sites excluding steroid dienone is 2. The Bertz CT molecular complexity index is 1740. The van der Waals surface area contributed by atoms with Crippen LogP contribution in [0.4, 0.5) is 0 Å². The molecule has 5 nitrogen and oxygen atoms in total. The Morgan fingerprint density at radius 2 is 1.79 bits per heavy atom. The van der Waals surface area contributed by atoms with E-state index in [0.29, 0.717) is 18.2 Å². The van der Waals surface area contributed by atoms with Crippen LogP contribution in [0.15, 0.2) is 77.5 Å². The Balaban J connectivity index is 1.69. The average Bonchev–Trinajstić information content (AvgIpc) is 2.94. The summed E-state index contributed by atoms with van der Waals surface area (Å²) in [5, 5.41) is 2.25. The molecule has 4 aliphatic rings. The van der Waals surface area contributed by atoms with E-state index in [2.05, 4.69) is 100 Å². The Labute approximate surface area is 249 Å². The molecule has 0 amide bonds. The van der Waals surface area contributed by atoms with E-state index in [-0.39, 0.29) is 23.5 Å². The van der Waals surface area contributed by atoms with Crippen molar-refractivity contribution in [2.75, 3.05) is 19.7 Å². The smallest absolute Gasteiger partial charge is 0.338 e. The molecule has 3 aliphatic heterocycles. The van der Waals surface area contributed by atoms with Gasteiger partial charge in [0, 0.05) is 35.9 Å². The third-order valence-electron chi connectivity index (χ3n) is 9.35. The Hall–Kier alpha value is -3.86. The lowest BCUT2D eigenvalue weighted by atomic mass is 9.75. The number of nitrogens with zero attached hydrogens (tertiary/aromatic N) is 2. The summed E-state index contributed by atoms with van der Waals surface area (Å²) in [6.45, 7) is 19.6. The number of carbonyl (C=O) groups is 1. The largest absolute Gasteiger partial charge is 0.484 e. The molecule has 1 aliphatic carbocycles. The van der Waals surface area contributed by atoms with Crippen LogP contribution in [0.2, 0.25) is 0 Å². The van der Waals surface area contributed by atoms with Gasteiger partial charge >= 0.3 is 5.97 Å². The fourth-order valence-corrected chi connectivity index (χ4v) is 7.61. The molecule has 42 heavy (non-hydrogen) atoms. The van der Waals surface area contributed by atoms with Gasteiger partial charge in [0.1, 0.15) is 18.4 Å². The van der Waals surface area contributed by atoms with Crippen LogP contribution < -0.4 is 19.9 Å². The highest BCUT2D eigenvalue weighted by molar-refractivity contribution is 5.96. The Kier molecular flexibility index (Phi) is 7.03. The van der Waals surface area contributed by atoms with E-state index in [1.165, 1.54) is 33.3 Å². The second-order valence-electron chi connectivity index (χ2n) is 12.4. The quantitative estimate of drug-likeness (QED) is 0.349. The van der Waals surface area contributed by atoms with Gasteiger partial charge in [0.25, 0.3) is 0 Å². The van der Waals surface area contributed by atoms with Crippen LogP contribution in [0.1, 0.15) is 76.9 Å². The summed E-state index contributed by atoms with van der Waals surface area (Å²) < 4.78 is 14.9. The van der Waals surface area contributed by atoms with Crippen LogP contribution in [0.25, 0.3) is 11.1 Å². The lowest BCUT2D eigenvalue weighted by molar-refractivity contribution is 0.0525. The molecule has 0 aromatic heterocycles. The van der Waals surface area contributed by atoms with E-state index >= 15 is 0 Å². The fourth-order valence-electron chi connectivity index (χ4n) is 7.61. The van der Waals surface area contributed by atoms with Gasteiger partial charge in [0.2, 0.25) is 5.36 Å². The van der Waals surface area contributed by atoms with Crippen molar-refractivity contribution in [3.63, 3.8) is 0 Å². The van der Waals surface area contributed by atoms with Crippen LogP contribution >= 0.6 is 0 Å². The lowest BCUT2D eigenvalue weighted by Gasteiger charge is -2.47. The first-order chi connectivity index (χ1) is 20.1. The van der Waals surface area contributed by atoms with Gasteiger partial charge < -0.3 is 14.4 Å². The number of fused-ring (bicyclic) bond motifs is 4. The highest BCUT2D eigenvalue weighted by atomic mass is 16.5. The van der Waals surface area contributed by atoms with Crippen molar-refractivity contribution >= 4 is 17.1 Å². The van der Waals surface area contributed by atoms with Crippen molar-refractivity contribution in [3.05, 3.63) is 105 Å². The minimum absolute atomic E-state index is 0.0674. The molecular weight excluding hydrogens is 520 g/mol. The molecule has 0 bridgehead atoms. The highest BCUT2D eigenvalue weighted by Crippen LogP contribution is 2.44. The molecule has 3 atom stereocenters. The third-order valence-corrected chi connectivity index (χ3v) is 9.35. The standard InChI is InChI=1S/C37H43N2O3/c1-9-38-24(6)16-22(4)27-17-29-33(19-31(27)38)42-34-20-32-28(23(5)21-37(7,8)39(32)10-2)18-30(34)35(29)25-14-12-13-15-26(25)36(40)41-11-3/h12-21,24,30,34H,9-11H2,1-8H3/q+1. The van der Waals surface area contributed by atoms with Crippen LogP contribution in [0.3, 0.4) is 0 Å². The fraction of sp³-hybridized carbons (Fsp3) is 0.405. The number of hydrogen-bond donors (Lipinski definition) is 0. The monoisotopic (exact) mass is 563 g/mol. The molecule has 0 saturated carbocycles. The van der Waals surface area contributed by atoms with Crippen LogP contribution in [-0.2, 0) is 4.74 Å². The minimum Gasteiger partial charge on any atom is -0.484 e. The predicted molar refractivity (Wildman–Crippen MR) is 170 cm³/mol. The third kappa shape index (κ3) is 4.36. The summed E-state index contributed by atoms with van der Waals surface area (Å²) in [5.41, 5.74) is 8.76. The topological polar surface area (TPSA) is 41.8 Å². The lowest BCUT2D eigenvalue weighted by Crippen LogP contribution is -2.48. The molecule has 2 aromatic carbocycles. The summed E-state index contributed by atoms with van der Waals surface area (Å²) >= 11 is 0. The maximum Gasteiger partial charge on any atom is 0.338 e.